The summed E-state index contributed by atoms with van der Waals surface area (Å²) >= 11 is 6.18. The molecule has 0 aromatic heterocycles. The minimum atomic E-state index is 0.136. The van der Waals surface area contributed by atoms with Crippen molar-refractivity contribution in [1.82, 2.24) is 4.90 Å². The van der Waals surface area contributed by atoms with Gasteiger partial charge in [-0.2, -0.15) is 0 Å². The van der Waals surface area contributed by atoms with E-state index in [1.165, 1.54) is 0 Å². The second kappa shape index (κ2) is 7.05. The van der Waals surface area contributed by atoms with E-state index in [2.05, 4.69) is 0 Å². The summed E-state index contributed by atoms with van der Waals surface area (Å²) in [7, 11) is 1.66. The monoisotopic (exact) mass is 329 g/mol. The molecule has 0 N–H and O–H groups in total. The molecule has 2 aromatic rings. The molecule has 1 fully saturated rings. The lowest BCUT2D eigenvalue weighted by Crippen LogP contribution is -2.31. The van der Waals surface area contributed by atoms with Crippen LogP contribution in [0.25, 0.3) is 0 Å². The summed E-state index contributed by atoms with van der Waals surface area (Å²) in [6, 6.07) is 15.7. The summed E-state index contributed by atoms with van der Waals surface area (Å²) in [6.45, 7) is 0.806. The van der Waals surface area contributed by atoms with Crippen LogP contribution in [-0.2, 0) is 11.2 Å². The summed E-state index contributed by atoms with van der Waals surface area (Å²) in [5.41, 5.74) is 2.05. The number of amides is 1. The Labute approximate surface area is 141 Å². The number of rotatable bonds is 4. The second-order valence-electron chi connectivity index (χ2n) is 5.79. The predicted octanol–water partition coefficient (Wildman–Crippen LogP) is 4.25. The Morgan fingerprint density at radius 3 is 2.65 bits per heavy atom. The Kier molecular flexibility index (Phi) is 4.87. The fourth-order valence-electron chi connectivity index (χ4n) is 3.14. The molecule has 1 aliphatic rings. The third-order valence-corrected chi connectivity index (χ3v) is 4.74. The Morgan fingerprint density at radius 2 is 1.96 bits per heavy atom. The average molecular weight is 330 g/mol. The van der Waals surface area contributed by atoms with Crippen molar-refractivity contribution in [2.75, 3.05) is 13.7 Å². The van der Waals surface area contributed by atoms with Gasteiger partial charge in [-0.1, -0.05) is 41.9 Å². The van der Waals surface area contributed by atoms with Crippen LogP contribution >= 0.6 is 11.6 Å². The van der Waals surface area contributed by atoms with E-state index in [1.54, 1.807) is 7.11 Å². The number of benzene rings is 2. The van der Waals surface area contributed by atoms with Gasteiger partial charge in [0.2, 0.25) is 5.91 Å². The van der Waals surface area contributed by atoms with Crippen LogP contribution in [0.1, 0.15) is 30.0 Å². The summed E-state index contributed by atoms with van der Waals surface area (Å²) in [5.74, 6) is 0.970. The zero-order valence-electron chi connectivity index (χ0n) is 13.2. The molecular formula is C19H20ClNO2. The van der Waals surface area contributed by atoms with Crippen LogP contribution in [-0.4, -0.2) is 24.5 Å². The molecule has 0 saturated carbocycles. The summed E-state index contributed by atoms with van der Waals surface area (Å²) in [6.07, 6.45) is 2.39. The van der Waals surface area contributed by atoms with E-state index >= 15 is 0 Å². The Balaban J connectivity index is 1.75. The summed E-state index contributed by atoms with van der Waals surface area (Å²) in [4.78, 5) is 14.7. The molecule has 0 bridgehead atoms. The first kappa shape index (κ1) is 15.9. The van der Waals surface area contributed by atoms with Crippen LogP contribution in [0.2, 0.25) is 5.02 Å². The first-order chi connectivity index (χ1) is 11.2. The number of halogens is 1. The van der Waals surface area contributed by atoms with Crippen molar-refractivity contribution in [3.63, 3.8) is 0 Å². The SMILES string of the molecule is COc1ccc([C@@H]2CCCN2C(=O)Cc2ccccc2Cl)cc1. The van der Waals surface area contributed by atoms with Gasteiger partial charge in [0.25, 0.3) is 0 Å². The topological polar surface area (TPSA) is 29.5 Å². The third-order valence-electron chi connectivity index (χ3n) is 4.37. The van der Waals surface area contributed by atoms with Crippen LogP contribution in [0.4, 0.5) is 0 Å². The largest absolute Gasteiger partial charge is 0.497 e. The fraction of sp³-hybridized carbons (Fsp3) is 0.316. The summed E-state index contributed by atoms with van der Waals surface area (Å²) in [5, 5.41) is 0.654. The number of carbonyl (C=O) groups excluding carboxylic acids is 1. The van der Waals surface area contributed by atoms with Crippen molar-refractivity contribution in [1.29, 1.82) is 0 Å². The molecule has 0 aliphatic carbocycles. The molecular weight excluding hydrogens is 310 g/mol. The van der Waals surface area contributed by atoms with Crippen LogP contribution in [0.3, 0.4) is 0 Å². The van der Waals surface area contributed by atoms with Crippen LogP contribution in [0, 0.1) is 0 Å². The number of likely N-dealkylation sites (tertiary alicyclic amines) is 1. The Hall–Kier alpha value is -2.00. The van der Waals surface area contributed by atoms with Gasteiger partial charge in [-0.15, -0.1) is 0 Å². The maximum absolute atomic E-state index is 12.7. The molecule has 0 unspecified atom stereocenters. The Morgan fingerprint density at radius 1 is 1.22 bits per heavy atom. The quantitative estimate of drug-likeness (QED) is 0.839. The molecule has 0 spiro atoms. The molecule has 3 rings (SSSR count). The van der Waals surface area contributed by atoms with Gasteiger partial charge in [-0.3, -0.25) is 4.79 Å². The minimum absolute atomic E-state index is 0.136. The van der Waals surface area contributed by atoms with E-state index < -0.39 is 0 Å². The molecule has 1 amide bonds. The fourth-order valence-corrected chi connectivity index (χ4v) is 3.35. The number of carbonyl (C=O) groups is 1. The van der Waals surface area contributed by atoms with Crippen LogP contribution in [0.5, 0.6) is 5.75 Å². The number of methoxy groups -OCH3 is 1. The van der Waals surface area contributed by atoms with Crippen molar-refractivity contribution in [3.05, 3.63) is 64.7 Å². The zero-order valence-corrected chi connectivity index (χ0v) is 13.9. The highest BCUT2D eigenvalue weighted by molar-refractivity contribution is 6.31. The molecule has 1 heterocycles. The maximum atomic E-state index is 12.7. The number of hydrogen-bond acceptors (Lipinski definition) is 2. The van der Waals surface area contributed by atoms with Gasteiger partial charge in [0.05, 0.1) is 19.6 Å². The molecule has 3 nitrogen and oxygen atoms in total. The van der Waals surface area contributed by atoms with Crippen molar-refractivity contribution in [2.24, 2.45) is 0 Å². The first-order valence-electron chi connectivity index (χ1n) is 7.86. The molecule has 1 atom stereocenters. The third kappa shape index (κ3) is 3.50. The predicted molar refractivity (Wildman–Crippen MR) is 91.8 cm³/mol. The lowest BCUT2D eigenvalue weighted by molar-refractivity contribution is -0.131. The van der Waals surface area contributed by atoms with Gasteiger partial charge in [-0.05, 0) is 42.2 Å². The van der Waals surface area contributed by atoms with Crippen molar-refractivity contribution in [3.8, 4) is 5.75 Å². The molecule has 1 aliphatic heterocycles. The average Bonchev–Trinajstić information content (AvgIpc) is 3.07. The number of nitrogens with zero attached hydrogens (tertiary/aromatic N) is 1. The highest BCUT2D eigenvalue weighted by atomic mass is 35.5. The molecule has 120 valence electrons. The Bertz CT molecular complexity index is 684. The second-order valence-corrected chi connectivity index (χ2v) is 6.19. The highest BCUT2D eigenvalue weighted by Gasteiger charge is 2.30. The van der Waals surface area contributed by atoms with Gasteiger partial charge in [0, 0.05) is 11.6 Å². The smallest absolute Gasteiger partial charge is 0.227 e. The number of ether oxygens (including phenoxy) is 1. The van der Waals surface area contributed by atoms with Crippen molar-refractivity contribution in [2.45, 2.75) is 25.3 Å². The molecule has 1 saturated heterocycles. The van der Waals surface area contributed by atoms with Gasteiger partial charge >= 0.3 is 0 Å². The van der Waals surface area contributed by atoms with Crippen molar-refractivity contribution < 1.29 is 9.53 Å². The molecule has 4 heteroatoms. The highest BCUT2D eigenvalue weighted by Crippen LogP contribution is 2.33. The van der Waals surface area contributed by atoms with E-state index in [9.17, 15) is 4.79 Å². The van der Waals surface area contributed by atoms with Gasteiger partial charge in [-0.25, -0.2) is 0 Å². The maximum Gasteiger partial charge on any atom is 0.227 e. The summed E-state index contributed by atoms with van der Waals surface area (Å²) < 4.78 is 5.20. The minimum Gasteiger partial charge on any atom is -0.497 e. The van der Waals surface area contributed by atoms with Crippen LogP contribution < -0.4 is 4.74 Å². The molecule has 0 radical (unpaired) electrons. The van der Waals surface area contributed by atoms with Crippen molar-refractivity contribution >= 4 is 17.5 Å². The lowest BCUT2D eigenvalue weighted by atomic mass is 10.0. The normalized spacial score (nSPS) is 17.3. The van der Waals surface area contributed by atoms with E-state index in [0.717, 1.165) is 36.3 Å². The van der Waals surface area contributed by atoms with Crippen LogP contribution in [0.15, 0.2) is 48.5 Å². The van der Waals surface area contributed by atoms with Gasteiger partial charge in [0.15, 0.2) is 0 Å². The van der Waals surface area contributed by atoms with E-state index in [1.807, 2.05) is 53.4 Å². The van der Waals surface area contributed by atoms with Gasteiger partial charge in [0.1, 0.15) is 5.75 Å². The molecule has 23 heavy (non-hydrogen) atoms. The first-order valence-corrected chi connectivity index (χ1v) is 8.23. The molecule has 2 aromatic carbocycles. The van der Waals surface area contributed by atoms with Gasteiger partial charge < -0.3 is 9.64 Å². The standard InChI is InChI=1S/C19H20ClNO2/c1-23-16-10-8-14(9-11-16)18-7-4-12-21(18)19(22)13-15-5-2-3-6-17(15)20/h2-3,5-6,8-11,18H,4,7,12-13H2,1H3/t18-/m0/s1. The number of hydrogen-bond donors (Lipinski definition) is 0. The van der Waals surface area contributed by atoms with E-state index in [4.69, 9.17) is 16.3 Å². The zero-order chi connectivity index (χ0) is 16.2. The lowest BCUT2D eigenvalue weighted by Gasteiger charge is -2.25. The van der Waals surface area contributed by atoms with E-state index in [0.29, 0.717) is 11.4 Å². The van der Waals surface area contributed by atoms with E-state index in [-0.39, 0.29) is 11.9 Å².